The summed E-state index contributed by atoms with van der Waals surface area (Å²) in [5.74, 6) is -1.69. The minimum absolute atomic E-state index is 0.118. The van der Waals surface area contributed by atoms with Crippen LogP contribution in [0.25, 0.3) is 11.1 Å². The number of carbonyl (C=O) groups excluding carboxylic acids is 2. The maximum Gasteiger partial charge on any atom is 0.326 e. The van der Waals surface area contributed by atoms with Gasteiger partial charge in [0.05, 0.1) is 11.3 Å². The van der Waals surface area contributed by atoms with Gasteiger partial charge in [0.1, 0.15) is 6.04 Å². The highest BCUT2D eigenvalue weighted by atomic mass is 16.4. The Hall–Kier alpha value is -4.17. The van der Waals surface area contributed by atoms with Crippen LogP contribution in [0.5, 0.6) is 0 Å². The minimum atomic E-state index is -1.04. The van der Waals surface area contributed by atoms with Crippen molar-refractivity contribution in [1.82, 2.24) is 10.2 Å². The molecule has 8 nitrogen and oxygen atoms in total. The molecular weight excluding hydrogens is 528 g/mol. The van der Waals surface area contributed by atoms with Gasteiger partial charge in [-0.1, -0.05) is 67.3 Å². The highest BCUT2D eigenvalue weighted by Gasteiger charge is 2.31. The van der Waals surface area contributed by atoms with E-state index in [0.717, 1.165) is 66.5 Å². The molecule has 0 aliphatic heterocycles. The van der Waals surface area contributed by atoms with Crippen LogP contribution >= 0.6 is 0 Å². The number of amides is 3. The molecule has 1 aliphatic rings. The van der Waals surface area contributed by atoms with Gasteiger partial charge in [0, 0.05) is 12.2 Å². The predicted molar refractivity (Wildman–Crippen MR) is 168 cm³/mol. The van der Waals surface area contributed by atoms with Gasteiger partial charge >= 0.3 is 12.0 Å². The Bertz CT molecular complexity index is 1420. The van der Waals surface area contributed by atoms with Crippen molar-refractivity contribution < 1.29 is 19.5 Å². The SMILES string of the molecule is Cc1cc(C)c(NC(=O)Nc2cc(-c3ccc(CN(C)C)cc3)ccc2C(=O)N[C@H](C(=O)O)C2CCCCC2)c(C)c1. The second-order valence-corrected chi connectivity index (χ2v) is 11.7. The number of carboxylic acids is 1. The first kappa shape index (κ1) is 30.8. The van der Waals surface area contributed by atoms with Crippen LogP contribution in [0.2, 0.25) is 0 Å². The molecule has 0 radical (unpaired) electrons. The topological polar surface area (TPSA) is 111 Å². The third-order valence-corrected chi connectivity index (χ3v) is 7.89. The Balaban J connectivity index is 1.64. The number of aryl methyl sites for hydroxylation is 3. The fraction of sp³-hybridized carbons (Fsp3) is 0.382. The van der Waals surface area contributed by atoms with Crippen LogP contribution in [-0.2, 0) is 11.3 Å². The van der Waals surface area contributed by atoms with Gasteiger partial charge in [0.2, 0.25) is 0 Å². The number of benzene rings is 3. The Kier molecular flexibility index (Phi) is 10.0. The predicted octanol–water partition coefficient (Wildman–Crippen LogP) is 6.75. The Morgan fingerprint density at radius 3 is 2.07 bits per heavy atom. The molecule has 3 amide bonds. The fourth-order valence-corrected chi connectivity index (χ4v) is 5.90. The standard InChI is InChI=1S/C34H42N4O4/c1-21-17-22(2)30(23(3)18-21)37-34(42)35-29-19-27(25-13-11-24(12-14-25)20-38(4)5)15-16-28(29)32(39)36-31(33(40)41)26-9-7-6-8-10-26/h11-19,26,31H,6-10,20H2,1-5H3,(H,36,39)(H,40,41)(H2,35,37,42)/t31-/m0/s1. The van der Waals surface area contributed by atoms with Crippen molar-refractivity contribution in [2.45, 2.75) is 65.5 Å². The molecular formula is C34H42N4O4. The van der Waals surface area contributed by atoms with E-state index in [1.807, 2.05) is 65.2 Å². The zero-order valence-corrected chi connectivity index (χ0v) is 25.2. The smallest absolute Gasteiger partial charge is 0.326 e. The lowest BCUT2D eigenvalue weighted by Crippen LogP contribution is -2.46. The summed E-state index contributed by atoms with van der Waals surface area (Å²) in [5, 5.41) is 18.5. The third kappa shape index (κ3) is 7.76. The molecule has 1 saturated carbocycles. The lowest BCUT2D eigenvalue weighted by molar-refractivity contribution is -0.141. The molecule has 4 rings (SSSR count). The molecule has 3 aromatic carbocycles. The van der Waals surface area contributed by atoms with E-state index in [9.17, 15) is 19.5 Å². The number of hydrogen-bond donors (Lipinski definition) is 4. The van der Waals surface area contributed by atoms with Crippen LogP contribution in [0.4, 0.5) is 16.2 Å². The normalized spacial score (nSPS) is 14.3. The summed E-state index contributed by atoms with van der Waals surface area (Å²) in [5.41, 5.74) is 7.11. The van der Waals surface area contributed by atoms with Crippen LogP contribution in [-0.4, -0.2) is 48.1 Å². The summed E-state index contributed by atoms with van der Waals surface area (Å²) >= 11 is 0. The monoisotopic (exact) mass is 570 g/mol. The summed E-state index contributed by atoms with van der Waals surface area (Å²) in [4.78, 5) is 41.1. The van der Waals surface area contributed by atoms with Gasteiger partial charge in [-0.25, -0.2) is 9.59 Å². The largest absolute Gasteiger partial charge is 0.480 e. The van der Waals surface area contributed by atoms with Gasteiger partial charge in [-0.05, 0) is 93.6 Å². The molecule has 222 valence electrons. The fourth-order valence-electron chi connectivity index (χ4n) is 5.90. The summed E-state index contributed by atoms with van der Waals surface area (Å²) in [6.45, 7) is 6.69. The quantitative estimate of drug-likeness (QED) is 0.228. The maximum absolute atomic E-state index is 13.6. The van der Waals surface area contributed by atoms with Gasteiger partial charge in [-0.3, -0.25) is 4.79 Å². The lowest BCUT2D eigenvalue weighted by atomic mass is 9.83. The summed E-state index contributed by atoms with van der Waals surface area (Å²) in [6.07, 6.45) is 4.53. The zero-order chi connectivity index (χ0) is 30.4. The first-order chi connectivity index (χ1) is 20.0. The number of aliphatic carboxylic acids is 1. The molecule has 0 spiro atoms. The average molecular weight is 571 g/mol. The van der Waals surface area contributed by atoms with Crippen LogP contribution in [0.3, 0.4) is 0 Å². The molecule has 1 aliphatic carbocycles. The molecule has 3 aromatic rings. The lowest BCUT2D eigenvalue weighted by Gasteiger charge is -2.28. The molecule has 0 bridgehead atoms. The maximum atomic E-state index is 13.6. The average Bonchev–Trinajstić information content (AvgIpc) is 2.94. The van der Waals surface area contributed by atoms with E-state index >= 15 is 0 Å². The number of urea groups is 1. The van der Waals surface area contributed by atoms with Crippen LogP contribution in [0, 0.1) is 26.7 Å². The van der Waals surface area contributed by atoms with E-state index in [1.165, 1.54) is 5.56 Å². The van der Waals surface area contributed by atoms with E-state index in [-0.39, 0.29) is 11.5 Å². The van der Waals surface area contributed by atoms with Crippen molar-refractivity contribution in [3.63, 3.8) is 0 Å². The van der Waals surface area contributed by atoms with Crippen molar-refractivity contribution in [3.05, 3.63) is 82.4 Å². The molecule has 1 atom stereocenters. The van der Waals surface area contributed by atoms with E-state index in [1.54, 1.807) is 12.1 Å². The van der Waals surface area contributed by atoms with E-state index in [0.29, 0.717) is 11.4 Å². The third-order valence-electron chi connectivity index (χ3n) is 7.89. The Morgan fingerprint density at radius 2 is 1.48 bits per heavy atom. The van der Waals surface area contributed by atoms with Gasteiger partial charge in [0.25, 0.3) is 5.91 Å². The number of carbonyl (C=O) groups is 3. The van der Waals surface area contributed by atoms with E-state index in [4.69, 9.17) is 0 Å². The Morgan fingerprint density at radius 1 is 0.857 bits per heavy atom. The summed E-state index contributed by atoms with van der Waals surface area (Å²) in [6, 6.07) is 15.9. The van der Waals surface area contributed by atoms with Crippen molar-refractivity contribution >= 4 is 29.3 Å². The number of rotatable bonds is 9. The van der Waals surface area contributed by atoms with Crippen LogP contribution in [0.15, 0.2) is 54.6 Å². The highest BCUT2D eigenvalue weighted by molar-refractivity contribution is 6.08. The van der Waals surface area contributed by atoms with E-state index in [2.05, 4.69) is 33.0 Å². The van der Waals surface area contributed by atoms with Crippen molar-refractivity contribution in [2.75, 3.05) is 24.7 Å². The molecule has 8 heteroatoms. The molecule has 0 unspecified atom stereocenters. The molecule has 0 heterocycles. The van der Waals surface area contributed by atoms with E-state index < -0.39 is 23.9 Å². The van der Waals surface area contributed by atoms with Gasteiger partial charge in [-0.2, -0.15) is 0 Å². The zero-order valence-electron chi connectivity index (χ0n) is 25.2. The van der Waals surface area contributed by atoms with Crippen molar-refractivity contribution in [2.24, 2.45) is 5.92 Å². The first-order valence-electron chi connectivity index (χ1n) is 14.6. The second kappa shape index (κ2) is 13.7. The van der Waals surface area contributed by atoms with Crippen molar-refractivity contribution in [1.29, 1.82) is 0 Å². The molecule has 4 N–H and O–H groups in total. The second-order valence-electron chi connectivity index (χ2n) is 11.7. The number of carboxylic acid groups (broad SMARTS) is 1. The molecule has 0 aromatic heterocycles. The van der Waals surface area contributed by atoms with Crippen molar-refractivity contribution in [3.8, 4) is 11.1 Å². The van der Waals surface area contributed by atoms with Crippen LogP contribution < -0.4 is 16.0 Å². The molecule has 1 fully saturated rings. The first-order valence-corrected chi connectivity index (χ1v) is 14.6. The minimum Gasteiger partial charge on any atom is -0.480 e. The van der Waals surface area contributed by atoms with Gasteiger partial charge < -0.3 is 26.0 Å². The number of hydrogen-bond acceptors (Lipinski definition) is 4. The number of nitrogens with one attached hydrogen (secondary N) is 3. The molecule has 42 heavy (non-hydrogen) atoms. The Labute approximate surface area is 248 Å². The summed E-state index contributed by atoms with van der Waals surface area (Å²) in [7, 11) is 4.03. The number of anilines is 2. The van der Waals surface area contributed by atoms with Crippen LogP contribution in [0.1, 0.15) is 64.7 Å². The van der Waals surface area contributed by atoms with Gasteiger partial charge in [-0.15, -0.1) is 0 Å². The summed E-state index contributed by atoms with van der Waals surface area (Å²) < 4.78 is 0. The number of nitrogens with zero attached hydrogens (tertiary/aromatic N) is 1. The molecule has 0 saturated heterocycles. The highest BCUT2D eigenvalue weighted by Crippen LogP contribution is 2.30. The van der Waals surface area contributed by atoms with Gasteiger partial charge in [0.15, 0.2) is 0 Å².